The maximum Gasteiger partial charge on any atom is 0.0598 e. The van der Waals surface area contributed by atoms with Crippen LogP contribution in [0.25, 0.3) is 22.2 Å². The first kappa shape index (κ1) is 22.5. The largest absolute Gasteiger partial charge is 0.376 e. The number of unbranched alkanes of at least 4 members (excludes halogenated alkanes) is 3. The highest BCUT2D eigenvalue weighted by Gasteiger charge is 2.39. The summed E-state index contributed by atoms with van der Waals surface area (Å²) in [6.07, 6.45) is 10.2. The first-order valence-corrected chi connectivity index (χ1v) is 14.4. The van der Waals surface area contributed by atoms with E-state index in [1.807, 2.05) is 0 Å². The Morgan fingerprint density at radius 2 is 1.58 bits per heavy atom. The van der Waals surface area contributed by atoms with E-state index in [9.17, 15) is 0 Å². The maximum absolute atomic E-state index is 5.88. The van der Waals surface area contributed by atoms with Gasteiger partial charge >= 0.3 is 0 Å². The third-order valence-corrected chi connectivity index (χ3v) is 9.75. The van der Waals surface area contributed by atoms with Gasteiger partial charge in [0, 0.05) is 40.9 Å². The third kappa shape index (κ3) is 4.45. The molecule has 0 radical (unpaired) electrons. The molecular weight excluding hydrogens is 398 g/mol. The van der Waals surface area contributed by atoms with Crippen molar-refractivity contribution in [3.05, 3.63) is 59.7 Å². The number of benzene rings is 2. The van der Waals surface area contributed by atoms with Crippen molar-refractivity contribution < 1.29 is 4.74 Å². The van der Waals surface area contributed by atoms with Crippen molar-refractivity contribution in [2.75, 3.05) is 24.9 Å². The van der Waals surface area contributed by atoms with E-state index in [4.69, 9.17) is 4.74 Å². The second kappa shape index (κ2) is 8.67. The highest BCUT2D eigenvalue weighted by Crippen LogP contribution is 2.65. The molecule has 0 bridgehead atoms. The van der Waals surface area contributed by atoms with Gasteiger partial charge in [-0.2, -0.15) is 0 Å². The second-order valence-electron chi connectivity index (χ2n) is 10.5. The Labute approximate surface area is 190 Å². The van der Waals surface area contributed by atoms with Crippen LogP contribution in [0, 0.1) is 0 Å². The summed E-state index contributed by atoms with van der Waals surface area (Å²) in [6, 6.07) is 18.1. The third-order valence-electron chi connectivity index (χ3n) is 6.64. The van der Waals surface area contributed by atoms with Crippen molar-refractivity contribution >= 4 is 20.9 Å². The van der Waals surface area contributed by atoms with E-state index < -0.39 is 10.0 Å². The lowest BCUT2D eigenvalue weighted by Gasteiger charge is -2.39. The Hall–Kier alpha value is -1.71. The van der Waals surface area contributed by atoms with Crippen LogP contribution in [-0.4, -0.2) is 35.0 Å². The second-order valence-corrected chi connectivity index (χ2v) is 14.6. The number of rotatable bonds is 8. The number of para-hydroxylation sites is 1. The van der Waals surface area contributed by atoms with Gasteiger partial charge in [-0.25, -0.2) is 10.0 Å². The Morgan fingerprint density at radius 1 is 0.903 bits per heavy atom. The zero-order chi connectivity index (χ0) is 22.2. The topological polar surface area (TPSA) is 14.2 Å². The molecule has 0 saturated carbocycles. The van der Waals surface area contributed by atoms with Crippen molar-refractivity contribution in [2.24, 2.45) is 7.05 Å². The Bertz CT molecular complexity index is 1060. The number of hydrogen-bond acceptors (Lipinski definition) is 1. The number of aryl methyl sites for hydroxylation is 1. The van der Waals surface area contributed by atoms with Crippen molar-refractivity contribution in [1.82, 2.24) is 4.57 Å². The molecule has 1 aliphatic carbocycles. The molecule has 168 valence electrons. The molecule has 3 heteroatoms. The minimum Gasteiger partial charge on any atom is -0.376 e. The number of aromatic nitrogens is 1. The summed E-state index contributed by atoms with van der Waals surface area (Å²) in [5, 5.41) is 1.98. The van der Waals surface area contributed by atoms with Crippen LogP contribution in [0.4, 0.5) is 0 Å². The predicted octanol–water partition coefficient (Wildman–Crippen LogP) is 7.69. The summed E-state index contributed by atoms with van der Waals surface area (Å²) >= 11 is 0. The van der Waals surface area contributed by atoms with Crippen LogP contribution in [0.5, 0.6) is 0 Å². The van der Waals surface area contributed by atoms with Crippen molar-refractivity contribution in [3.63, 3.8) is 0 Å². The smallest absolute Gasteiger partial charge is 0.0598 e. The van der Waals surface area contributed by atoms with E-state index in [2.05, 4.69) is 93.4 Å². The number of ether oxygens (including phenoxy) is 1. The van der Waals surface area contributed by atoms with E-state index in [1.165, 1.54) is 53.6 Å². The Kier molecular flexibility index (Phi) is 6.29. The molecule has 31 heavy (non-hydrogen) atoms. The molecule has 3 aromatic rings. The van der Waals surface area contributed by atoms with Gasteiger partial charge in [0.2, 0.25) is 0 Å². The lowest BCUT2D eigenvalue weighted by atomic mass is 10.1. The van der Waals surface area contributed by atoms with Gasteiger partial charge < -0.3 is 9.30 Å². The van der Waals surface area contributed by atoms with Crippen molar-refractivity contribution in [2.45, 2.75) is 57.3 Å². The fourth-order valence-corrected chi connectivity index (χ4v) is 8.15. The van der Waals surface area contributed by atoms with E-state index in [0.717, 1.165) is 6.61 Å². The highest BCUT2D eigenvalue weighted by atomic mass is 32.3. The van der Waals surface area contributed by atoms with Gasteiger partial charge in [0.25, 0.3) is 0 Å². The fraction of sp³-hybridized carbons (Fsp3) is 0.500. The summed E-state index contributed by atoms with van der Waals surface area (Å²) in [6.45, 7) is 7.30. The first-order chi connectivity index (χ1) is 14.7. The zero-order valence-corrected chi connectivity index (χ0v) is 21.0. The van der Waals surface area contributed by atoms with E-state index >= 15 is 0 Å². The highest BCUT2D eigenvalue weighted by molar-refractivity contribution is 8.33. The minimum absolute atomic E-state index is 0.0157. The minimum atomic E-state index is -0.826. The number of nitrogens with zero attached hydrogens (tertiary/aromatic N) is 1. The van der Waals surface area contributed by atoms with Gasteiger partial charge in [0.05, 0.1) is 11.3 Å². The Balaban J connectivity index is 1.52. The molecule has 2 aromatic carbocycles. The quantitative estimate of drug-likeness (QED) is 0.329. The standard InChI is InChI=1S/C28H39NOS/c1-28(2,3)30-19-13-7-8-14-20-31(5,6)27-22-16-10-9-15-21(22)26-25(27)23-17-11-12-18-24(23)29(26)4/h9-12,15-18,27H,7-8,13-14,19-20H2,1-6H3. The summed E-state index contributed by atoms with van der Waals surface area (Å²) in [7, 11) is 1.41. The summed E-state index contributed by atoms with van der Waals surface area (Å²) < 4.78 is 8.31. The van der Waals surface area contributed by atoms with Crippen LogP contribution < -0.4 is 0 Å². The van der Waals surface area contributed by atoms with Crippen LogP contribution in [0.1, 0.15) is 62.8 Å². The van der Waals surface area contributed by atoms with Crippen LogP contribution >= 0.6 is 10.0 Å². The average Bonchev–Trinajstić information content (AvgIpc) is 3.20. The first-order valence-electron chi connectivity index (χ1n) is 11.7. The summed E-state index contributed by atoms with van der Waals surface area (Å²) in [5.41, 5.74) is 7.37. The molecule has 0 saturated heterocycles. The molecule has 0 amide bonds. The number of hydrogen-bond donors (Lipinski definition) is 0. The van der Waals surface area contributed by atoms with Gasteiger partial charge in [0.1, 0.15) is 0 Å². The molecular formula is C28H39NOS. The molecule has 1 aliphatic rings. The van der Waals surface area contributed by atoms with Gasteiger partial charge in [-0.3, -0.25) is 0 Å². The normalized spacial score (nSPS) is 16.5. The van der Waals surface area contributed by atoms with E-state index in [0.29, 0.717) is 5.25 Å². The monoisotopic (exact) mass is 437 g/mol. The molecule has 0 spiro atoms. The van der Waals surface area contributed by atoms with Crippen molar-refractivity contribution in [3.8, 4) is 11.3 Å². The molecule has 0 N–H and O–H groups in total. The van der Waals surface area contributed by atoms with E-state index in [1.54, 1.807) is 11.1 Å². The van der Waals surface area contributed by atoms with Gasteiger partial charge in [-0.15, -0.1) is 0 Å². The van der Waals surface area contributed by atoms with Gasteiger partial charge in [-0.1, -0.05) is 55.3 Å². The van der Waals surface area contributed by atoms with Crippen LogP contribution in [0.15, 0.2) is 48.5 Å². The molecule has 4 rings (SSSR count). The van der Waals surface area contributed by atoms with Crippen LogP contribution in [-0.2, 0) is 11.8 Å². The van der Waals surface area contributed by atoms with Crippen LogP contribution in [0.2, 0.25) is 0 Å². The summed E-state index contributed by atoms with van der Waals surface area (Å²) in [5.74, 6) is 1.33. The molecule has 1 aromatic heterocycles. The molecule has 1 atom stereocenters. The average molecular weight is 438 g/mol. The van der Waals surface area contributed by atoms with Crippen LogP contribution in [0.3, 0.4) is 0 Å². The SMILES string of the molecule is Cn1c2c(c3ccccc31)C(S(C)(C)CCCCCCOC(C)(C)C)c1ccccc1-2. The zero-order valence-electron chi connectivity index (χ0n) is 20.2. The van der Waals surface area contributed by atoms with Gasteiger partial charge in [0.15, 0.2) is 0 Å². The van der Waals surface area contributed by atoms with Crippen molar-refractivity contribution in [1.29, 1.82) is 0 Å². The predicted molar refractivity (Wildman–Crippen MR) is 139 cm³/mol. The number of fused-ring (bicyclic) bond motifs is 5. The molecule has 2 nitrogen and oxygen atoms in total. The summed E-state index contributed by atoms with van der Waals surface area (Å²) in [4.78, 5) is 0. The fourth-order valence-electron chi connectivity index (χ4n) is 5.20. The molecule has 0 fully saturated rings. The maximum atomic E-state index is 5.88. The van der Waals surface area contributed by atoms with Gasteiger partial charge in [-0.05, 0) is 63.5 Å². The molecule has 1 unspecified atom stereocenters. The Morgan fingerprint density at radius 3 is 2.35 bits per heavy atom. The molecule has 1 heterocycles. The van der Waals surface area contributed by atoms with E-state index in [-0.39, 0.29) is 5.60 Å². The lowest BCUT2D eigenvalue weighted by Crippen LogP contribution is -2.19. The molecule has 0 aliphatic heterocycles. The lowest BCUT2D eigenvalue weighted by molar-refractivity contribution is -0.00470.